The summed E-state index contributed by atoms with van der Waals surface area (Å²) in [7, 11) is -1.26. The maximum absolute atomic E-state index is 11.8. The maximum Gasteiger partial charge on any atom is 0.154 e. The van der Waals surface area contributed by atoms with Gasteiger partial charge < -0.3 is 10.1 Å². The predicted octanol–water partition coefficient (Wildman–Crippen LogP) is 2.89. The van der Waals surface area contributed by atoms with Gasteiger partial charge in [0, 0.05) is 23.1 Å². The van der Waals surface area contributed by atoms with Crippen molar-refractivity contribution < 1.29 is 13.2 Å². The van der Waals surface area contributed by atoms with E-state index >= 15 is 0 Å². The normalized spacial score (nSPS) is 21.1. The molecule has 2 rings (SSSR count). The number of rotatable bonds is 5. The second kappa shape index (κ2) is 6.77. The second-order valence-electron chi connectivity index (χ2n) is 4.84. The Bertz CT molecular complexity index is 590. The molecule has 0 spiro atoms. The average molecular weight is 427 g/mol. The van der Waals surface area contributed by atoms with Crippen molar-refractivity contribution in [2.75, 3.05) is 19.4 Å². The molecule has 0 bridgehead atoms. The van der Waals surface area contributed by atoms with Crippen LogP contribution in [-0.4, -0.2) is 33.1 Å². The third kappa shape index (κ3) is 3.75. The molecule has 1 aliphatic rings. The van der Waals surface area contributed by atoms with Crippen LogP contribution in [-0.2, 0) is 16.4 Å². The summed E-state index contributed by atoms with van der Waals surface area (Å²) in [5, 5.41) is 2.98. The van der Waals surface area contributed by atoms with Crippen molar-refractivity contribution in [3.63, 3.8) is 0 Å². The Labute approximate surface area is 136 Å². The summed E-state index contributed by atoms with van der Waals surface area (Å²) in [6.45, 7) is 1.07. The van der Waals surface area contributed by atoms with Crippen LogP contribution >= 0.6 is 31.9 Å². The molecule has 1 aromatic rings. The van der Waals surface area contributed by atoms with Crippen LogP contribution < -0.4 is 10.1 Å². The van der Waals surface area contributed by atoms with Crippen LogP contribution in [0.1, 0.15) is 18.4 Å². The summed E-state index contributed by atoms with van der Waals surface area (Å²) < 4.78 is 30.7. The van der Waals surface area contributed by atoms with Crippen molar-refractivity contribution in [1.82, 2.24) is 5.32 Å². The number of hydrogen-bond acceptors (Lipinski definition) is 4. The number of nitrogens with one attached hydrogen (secondary N) is 1. The van der Waals surface area contributed by atoms with Gasteiger partial charge in [0.25, 0.3) is 0 Å². The standard InChI is InChI=1S/C13H17Br2NO3S/c1-19-13-9(5-10(14)6-12(13)15)7-16-8-11-3-2-4-20(11,17)18/h5-6,11,16H,2-4,7-8H2,1H3. The molecule has 1 unspecified atom stereocenters. The fourth-order valence-corrected chi connectivity index (χ4v) is 5.70. The van der Waals surface area contributed by atoms with Gasteiger partial charge in [0.1, 0.15) is 5.75 Å². The SMILES string of the molecule is COc1c(Br)cc(Br)cc1CNCC1CCCS1(=O)=O. The first kappa shape index (κ1) is 16.3. The Balaban J connectivity index is 2.01. The van der Waals surface area contributed by atoms with Gasteiger partial charge in [-0.25, -0.2) is 8.42 Å². The molecule has 1 aromatic carbocycles. The molecule has 112 valence electrons. The molecule has 1 aliphatic heterocycles. The first-order valence-corrected chi connectivity index (χ1v) is 9.68. The molecular weight excluding hydrogens is 410 g/mol. The van der Waals surface area contributed by atoms with Crippen LogP contribution in [0.4, 0.5) is 0 Å². The average Bonchev–Trinajstić information content (AvgIpc) is 2.68. The van der Waals surface area contributed by atoms with Crippen LogP contribution in [0.3, 0.4) is 0 Å². The number of hydrogen-bond donors (Lipinski definition) is 1. The summed E-state index contributed by atoms with van der Waals surface area (Å²) in [6, 6.07) is 3.89. The summed E-state index contributed by atoms with van der Waals surface area (Å²) in [6.07, 6.45) is 1.54. The second-order valence-corrected chi connectivity index (χ2v) is 9.01. The Hall–Kier alpha value is -0.110. The quantitative estimate of drug-likeness (QED) is 0.786. The van der Waals surface area contributed by atoms with Crippen molar-refractivity contribution >= 4 is 41.7 Å². The van der Waals surface area contributed by atoms with E-state index in [1.54, 1.807) is 7.11 Å². The number of ether oxygens (including phenoxy) is 1. The van der Waals surface area contributed by atoms with Crippen LogP contribution in [0.15, 0.2) is 21.1 Å². The van der Waals surface area contributed by atoms with E-state index < -0.39 is 9.84 Å². The van der Waals surface area contributed by atoms with Gasteiger partial charge in [-0.2, -0.15) is 0 Å². The number of benzene rings is 1. The Kier molecular flexibility index (Phi) is 5.50. The molecule has 0 aliphatic carbocycles. The summed E-state index contributed by atoms with van der Waals surface area (Å²) in [5.74, 6) is 1.10. The highest BCUT2D eigenvalue weighted by molar-refractivity contribution is 9.11. The zero-order chi connectivity index (χ0) is 14.8. The van der Waals surface area contributed by atoms with E-state index in [0.29, 0.717) is 18.8 Å². The topological polar surface area (TPSA) is 55.4 Å². The molecule has 0 radical (unpaired) electrons. The fourth-order valence-electron chi connectivity index (χ4n) is 2.43. The highest BCUT2D eigenvalue weighted by Gasteiger charge is 2.30. The lowest BCUT2D eigenvalue weighted by atomic mass is 10.2. The van der Waals surface area contributed by atoms with Crippen LogP contribution in [0, 0.1) is 0 Å². The summed E-state index contributed by atoms with van der Waals surface area (Å²) in [4.78, 5) is 0. The summed E-state index contributed by atoms with van der Waals surface area (Å²) >= 11 is 6.90. The van der Waals surface area contributed by atoms with E-state index in [4.69, 9.17) is 4.74 Å². The van der Waals surface area contributed by atoms with Gasteiger partial charge in [-0.1, -0.05) is 15.9 Å². The van der Waals surface area contributed by atoms with Crippen molar-refractivity contribution in [2.24, 2.45) is 0 Å². The van der Waals surface area contributed by atoms with Crippen LogP contribution in [0.2, 0.25) is 0 Å². The minimum absolute atomic E-state index is 0.246. The number of sulfone groups is 1. The molecule has 1 N–H and O–H groups in total. The van der Waals surface area contributed by atoms with Crippen molar-refractivity contribution in [2.45, 2.75) is 24.6 Å². The third-order valence-electron chi connectivity index (χ3n) is 3.44. The van der Waals surface area contributed by atoms with Crippen LogP contribution in [0.5, 0.6) is 5.75 Å². The van der Waals surface area contributed by atoms with Gasteiger partial charge in [0.2, 0.25) is 0 Å². The minimum atomic E-state index is -2.89. The largest absolute Gasteiger partial charge is 0.495 e. The predicted molar refractivity (Wildman–Crippen MR) is 86.9 cm³/mol. The highest BCUT2D eigenvalue weighted by Crippen LogP contribution is 2.32. The van der Waals surface area contributed by atoms with Crippen molar-refractivity contribution in [1.29, 1.82) is 0 Å². The summed E-state index contributed by atoms with van der Waals surface area (Å²) in [5.41, 5.74) is 0.990. The van der Waals surface area contributed by atoms with Gasteiger partial charge in [-0.3, -0.25) is 0 Å². The van der Waals surface area contributed by atoms with Gasteiger partial charge in [-0.15, -0.1) is 0 Å². The monoisotopic (exact) mass is 425 g/mol. The molecule has 4 nitrogen and oxygen atoms in total. The molecule has 1 atom stereocenters. The lowest BCUT2D eigenvalue weighted by Gasteiger charge is -2.14. The molecule has 0 aromatic heterocycles. The maximum atomic E-state index is 11.8. The molecule has 0 saturated carbocycles. The Morgan fingerprint density at radius 2 is 2.15 bits per heavy atom. The smallest absolute Gasteiger partial charge is 0.154 e. The fraction of sp³-hybridized carbons (Fsp3) is 0.538. The van der Waals surface area contributed by atoms with E-state index in [0.717, 1.165) is 33.1 Å². The zero-order valence-corrected chi connectivity index (χ0v) is 15.1. The first-order valence-electron chi connectivity index (χ1n) is 6.38. The highest BCUT2D eigenvalue weighted by atomic mass is 79.9. The lowest BCUT2D eigenvalue weighted by molar-refractivity contribution is 0.405. The molecule has 0 amide bonds. The van der Waals surface area contributed by atoms with Crippen LogP contribution in [0.25, 0.3) is 0 Å². The van der Waals surface area contributed by atoms with Crippen molar-refractivity contribution in [3.05, 3.63) is 26.6 Å². The zero-order valence-electron chi connectivity index (χ0n) is 11.2. The first-order chi connectivity index (χ1) is 9.44. The Morgan fingerprint density at radius 3 is 2.75 bits per heavy atom. The molecule has 20 heavy (non-hydrogen) atoms. The molecule has 1 fully saturated rings. The van der Waals surface area contributed by atoms with E-state index in [-0.39, 0.29) is 5.25 Å². The van der Waals surface area contributed by atoms with Gasteiger partial charge in [-0.05, 0) is 40.9 Å². The Morgan fingerprint density at radius 1 is 1.40 bits per heavy atom. The minimum Gasteiger partial charge on any atom is -0.495 e. The van der Waals surface area contributed by atoms with Gasteiger partial charge in [0.05, 0.1) is 22.6 Å². The van der Waals surface area contributed by atoms with Gasteiger partial charge >= 0.3 is 0 Å². The van der Waals surface area contributed by atoms with E-state index in [1.807, 2.05) is 12.1 Å². The molecular formula is C13H17Br2NO3S. The van der Waals surface area contributed by atoms with E-state index in [2.05, 4.69) is 37.2 Å². The number of halogens is 2. The van der Waals surface area contributed by atoms with E-state index in [9.17, 15) is 8.42 Å². The van der Waals surface area contributed by atoms with Crippen molar-refractivity contribution in [3.8, 4) is 5.75 Å². The molecule has 1 saturated heterocycles. The molecule has 7 heteroatoms. The molecule has 1 heterocycles. The lowest BCUT2D eigenvalue weighted by Crippen LogP contribution is -2.30. The van der Waals surface area contributed by atoms with E-state index in [1.165, 1.54) is 0 Å². The third-order valence-corrected chi connectivity index (χ3v) is 6.76. The number of methoxy groups -OCH3 is 1. The van der Waals surface area contributed by atoms with Gasteiger partial charge in [0.15, 0.2) is 9.84 Å².